The minimum absolute atomic E-state index is 0.151. The van der Waals surface area contributed by atoms with Crippen LogP contribution in [0, 0.1) is 25.7 Å². The SMILES string of the molecule is CCNC(=NCC1CCN(Cc2nc(C)c(C)o2)CC1)N1CCC(CC(=O)NC)CC1. The number of aryl methyl sites for hydroxylation is 2. The van der Waals surface area contributed by atoms with Gasteiger partial charge in [0.2, 0.25) is 11.8 Å². The first-order valence-corrected chi connectivity index (χ1v) is 11.9. The average Bonchev–Trinajstić information content (AvgIpc) is 3.09. The van der Waals surface area contributed by atoms with E-state index in [1.807, 2.05) is 13.8 Å². The number of carbonyl (C=O) groups is 1. The summed E-state index contributed by atoms with van der Waals surface area (Å²) in [6.45, 7) is 12.8. The molecule has 0 bridgehead atoms. The first-order chi connectivity index (χ1) is 15.0. The molecule has 0 atom stereocenters. The van der Waals surface area contributed by atoms with E-state index in [0.29, 0.717) is 18.3 Å². The van der Waals surface area contributed by atoms with Gasteiger partial charge in [-0.05, 0) is 71.4 Å². The molecule has 1 aromatic rings. The lowest BCUT2D eigenvalue weighted by Gasteiger charge is -2.35. The summed E-state index contributed by atoms with van der Waals surface area (Å²) in [6.07, 6.45) is 5.07. The van der Waals surface area contributed by atoms with Crippen LogP contribution in [0.4, 0.5) is 0 Å². The fraction of sp³-hybridized carbons (Fsp3) is 0.783. The first-order valence-electron chi connectivity index (χ1n) is 11.9. The fourth-order valence-electron chi connectivity index (χ4n) is 4.48. The Morgan fingerprint density at radius 2 is 1.81 bits per heavy atom. The number of hydrogen-bond donors (Lipinski definition) is 2. The van der Waals surface area contributed by atoms with Crippen molar-refractivity contribution in [2.75, 3.05) is 46.3 Å². The van der Waals surface area contributed by atoms with Crippen LogP contribution in [0.5, 0.6) is 0 Å². The minimum atomic E-state index is 0.151. The summed E-state index contributed by atoms with van der Waals surface area (Å²) in [5, 5.41) is 6.22. The van der Waals surface area contributed by atoms with E-state index < -0.39 is 0 Å². The number of guanidine groups is 1. The van der Waals surface area contributed by atoms with Gasteiger partial charge in [-0.1, -0.05) is 0 Å². The molecule has 0 unspecified atom stereocenters. The maximum atomic E-state index is 11.6. The van der Waals surface area contributed by atoms with Crippen molar-refractivity contribution < 1.29 is 9.21 Å². The molecule has 31 heavy (non-hydrogen) atoms. The minimum Gasteiger partial charge on any atom is -0.444 e. The fourth-order valence-corrected chi connectivity index (χ4v) is 4.48. The second kappa shape index (κ2) is 11.5. The van der Waals surface area contributed by atoms with Crippen molar-refractivity contribution in [3.63, 3.8) is 0 Å². The molecule has 8 nitrogen and oxygen atoms in total. The third-order valence-corrected chi connectivity index (χ3v) is 6.64. The summed E-state index contributed by atoms with van der Waals surface area (Å²) in [4.78, 5) is 26.0. The molecule has 0 spiro atoms. The van der Waals surface area contributed by atoms with E-state index in [9.17, 15) is 4.79 Å². The Morgan fingerprint density at radius 1 is 1.13 bits per heavy atom. The van der Waals surface area contributed by atoms with Crippen LogP contribution in [-0.4, -0.2) is 73.0 Å². The summed E-state index contributed by atoms with van der Waals surface area (Å²) < 4.78 is 5.74. The number of carbonyl (C=O) groups excluding carboxylic acids is 1. The van der Waals surface area contributed by atoms with Crippen LogP contribution >= 0.6 is 0 Å². The number of nitrogens with one attached hydrogen (secondary N) is 2. The molecule has 0 aliphatic carbocycles. The maximum absolute atomic E-state index is 11.6. The van der Waals surface area contributed by atoms with Crippen LogP contribution in [0.15, 0.2) is 9.41 Å². The molecule has 8 heteroatoms. The van der Waals surface area contributed by atoms with Crippen molar-refractivity contribution in [2.45, 2.75) is 59.4 Å². The quantitative estimate of drug-likeness (QED) is 0.508. The van der Waals surface area contributed by atoms with Crippen molar-refractivity contribution in [2.24, 2.45) is 16.8 Å². The maximum Gasteiger partial charge on any atom is 0.220 e. The summed E-state index contributed by atoms with van der Waals surface area (Å²) in [6, 6.07) is 0. The number of rotatable bonds is 7. The van der Waals surface area contributed by atoms with Crippen LogP contribution in [0.3, 0.4) is 0 Å². The molecule has 1 amide bonds. The van der Waals surface area contributed by atoms with E-state index in [2.05, 4.69) is 32.3 Å². The Bertz CT molecular complexity index is 711. The second-order valence-electron chi connectivity index (χ2n) is 8.97. The van der Waals surface area contributed by atoms with Gasteiger partial charge in [-0.2, -0.15) is 0 Å². The summed E-state index contributed by atoms with van der Waals surface area (Å²) in [7, 11) is 1.72. The Morgan fingerprint density at radius 3 is 2.39 bits per heavy atom. The molecule has 2 aliphatic heterocycles. The van der Waals surface area contributed by atoms with E-state index in [-0.39, 0.29) is 5.91 Å². The largest absolute Gasteiger partial charge is 0.444 e. The third kappa shape index (κ3) is 6.95. The molecule has 2 saturated heterocycles. The van der Waals surface area contributed by atoms with E-state index in [4.69, 9.17) is 9.41 Å². The molecular weight excluding hydrogens is 392 g/mol. The highest BCUT2D eigenvalue weighted by Gasteiger charge is 2.24. The molecule has 2 N–H and O–H groups in total. The molecule has 2 fully saturated rings. The first kappa shape index (κ1) is 23.6. The monoisotopic (exact) mass is 432 g/mol. The van der Waals surface area contributed by atoms with Gasteiger partial charge in [-0.15, -0.1) is 0 Å². The standard InChI is InChI=1S/C23H40N6O2/c1-5-25-23(29-12-8-19(9-13-29)14-21(30)24-4)26-15-20-6-10-28(11-7-20)16-22-27-17(2)18(3)31-22/h19-20H,5-16H2,1-4H3,(H,24,30)(H,25,26). The number of nitrogens with zero attached hydrogens (tertiary/aromatic N) is 4. The number of hydrogen-bond acceptors (Lipinski definition) is 5. The second-order valence-corrected chi connectivity index (χ2v) is 8.97. The summed E-state index contributed by atoms with van der Waals surface area (Å²) >= 11 is 0. The lowest BCUT2D eigenvalue weighted by atomic mass is 9.93. The third-order valence-electron chi connectivity index (χ3n) is 6.64. The predicted octanol–water partition coefficient (Wildman–Crippen LogP) is 2.32. The molecule has 174 valence electrons. The van der Waals surface area contributed by atoms with Gasteiger partial charge in [0, 0.05) is 39.6 Å². The molecule has 0 radical (unpaired) electrons. The number of piperidine rings is 2. The Kier molecular flexibility index (Phi) is 8.75. The molecular formula is C23H40N6O2. The number of aromatic nitrogens is 1. The van der Waals surface area contributed by atoms with E-state index in [1.54, 1.807) is 7.05 Å². The number of aliphatic imine (C=N–C) groups is 1. The highest BCUT2D eigenvalue weighted by atomic mass is 16.4. The number of likely N-dealkylation sites (tertiary alicyclic amines) is 2. The van der Waals surface area contributed by atoms with E-state index >= 15 is 0 Å². The molecule has 2 aliphatic rings. The molecule has 0 aromatic carbocycles. The lowest BCUT2D eigenvalue weighted by molar-refractivity contribution is -0.121. The van der Waals surface area contributed by atoms with Crippen LogP contribution < -0.4 is 10.6 Å². The topological polar surface area (TPSA) is 86.0 Å². The Balaban J connectivity index is 1.44. The van der Waals surface area contributed by atoms with Crippen molar-refractivity contribution in [1.82, 2.24) is 25.4 Å². The van der Waals surface area contributed by atoms with Crippen LogP contribution in [0.1, 0.15) is 56.4 Å². The highest BCUT2D eigenvalue weighted by molar-refractivity contribution is 5.80. The van der Waals surface area contributed by atoms with Gasteiger partial charge in [-0.3, -0.25) is 14.7 Å². The van der Waals surface area contributed by atoms with Gasteiger partial charge in [0.15, 0.2) is 5.96 Å². The van der Waals surface area contributed by atoms with Crippen molar-refractivity contribution in [1.29, 1.82) is 0 Å². The lowest BCUT2D eigenvalue weighted by Crippen LogP contribution is -2.46. The molecule has 0 saturated carbocycles. The summed E-state index contributed by atoms with van der Waals surface area (Å²) in [5.41, 5.74) is 0.993. The van der Waals surface area contributed by atoms with Crippen LogP contribution in [0.25, 0.3) is 0 Å². The number of oxazole rings is 1. The van der Waals surface area contributed by atoms with E-state index in [1.165, 1.54) is 0 Å². The zero-order valence-corrected chi connectivity index (χ0v) is 19.7. The Labute approximate surface area is 186 Å². The van der Waals surface area contributed by atoms with Gasteiger partial charge in [0.05, 0.1) is 12.2 Å². The smallest absolute Gasteiger partial charge is 0.220 e. The van der Waals surface area contributed by atoms with Gasteiger partial charge < -0.3 is 20.0 Å². The van der Waals surface area contributed by atoms with Crippen LogP contribution in [-0.2, 0) is 11.3 Å². The van der Waals surface area contributed by atoms with Gasteiger partial charge in [-0.25, -0.2) is 4.98 Å². The van der Waals surface area contributed by atoms with Crippen molar-refractivity contribution in [3.05, 3.63) is 17.3 Å². The molecule has 3 rings (SSSR count). The number of amides is 1. The van der Waals surface area contributed by atoms with Crippen molar-refractivity contribution >= 4 is 11.9 Å². The van der Waals surface area contributed by atoms with E-state index in [0.717, 1.165) is 94.8 Å². The van der Waals surface area contributed by atoms with Crippen molar-refractivity contribution in [3.8, 4) is 0 Å². The van der Waals surface area contributed by atoms with Crippen LogP contribution in [0.2, 0.25) is 0 Å². The zero-order chi connectivity index (χ0) is 22.2. The Hall–Kier alpha value is -2.09. The average molecular weight is 433 g/mol. The predicted molar refractivity (Wildman–Crippen MR) is 123 cm³/mol. The molecule has 3 heterocycles. The zero-order valence-electron chi connectivity index (χ0n) is 19.7. The molecule has 1 aromatic heterocycles. The highest BCUT2D eigenvalue weighted by Crippen LogP contribution is 2.22. The van der Waals surface area contributed by atoms with Gasteiger partial charge in [0.25, 0.3) is 0 Å². The van der Waals surface area contributed by atoms with Gasteiger partial charge >= 0.3 is 0 Å². The normalized spacial score (nSPS) is 19.6. The summed E-state index contributed by atoms with van der Waals surface area (Å²) in [5.74, 6) is 4.06. The van der Waals surface area contributed by atoms with Gasteiger partial charge in [0.1, 0.15) is 5.76 Å².